The number of hydrogen-bond donors (Lipinski definition) is 2. The van der Waals surface area contributed by atoms with E-state index < -0.39 is 72.7 Å². The normalized spacial score (nSPS) is 34.8. The molecular weight excluding hydrogens is 713 g/mol. The second kappa shape index (κ2) is 20.6. The van der Waals surface area contributed by atoms with E-state index in [2.05, 4.69) is 4.98 Å². The Kier molecular flexibility index (Phi) is 16.5. The van der Waals surface area contributed by atoms with Crippen LogP contribution in [0.25, 0.3) is 10.6 Å². The Bertz CT molecular complexity index is 1560. The molecule has 2 aliphatic heterocycles. The minimum Gasteiger partial charge on any atom is -0.476 e. The van der Waals surface area contributed by atoms with Gasteiger partial charge in [0.2, 0.25) is 0 Å². The van der Waals surface area contributed by atoms with Crippen LogP contribution in [0.15, 0.2) is 60.3 Å². The predicted octanol–water partition coefficient (Wildman–Crippen LogP) is 5.27. The van der Waals surface area contributed by atoms with E-state index in [1.165, 1.54) is 17.4 Å². The van der Waals surface area contributed by atoms with Gasteiger partial charge < -0.3 is 43.6 Å². The number of rotatable bonds is 11. The molecule has 0 aliphatic carbocycles. The molecule has 4 heterocycles. The minimum absolute atomic E-state index is 0.0151. The van der Waals surface area contributed by atoms with Crippen LogP contribution in [-0.4, -0.2) is 115 Å². The van der Waals surface area contributed by atoms with Crippen molar-refractivity contribution in [3.8, 4) is 15.6 Å². The van der Waals surface area contributed by atoms with E-state index in [-0.39, 0.29) is 31.0 Å². The van der Waals surface area contributed by atoms with Gasteiger partial charge >= 0.3 is 5.97 Å². The van der Waals surface area contributed by atoms with Gasteiger partial charge in [0.1, 0.15) is 24.6 Å². The minimum atomic E-state index is -1.24. The molecule has 0 saturated carbocycles. The first kappa shape index (κ1) is 43.4. The summed E-state index contributed by atoms with van der Waals surface area (Å²) in [5, 5.41) is 24.1. The maximum atomic E-state index is 13.4. The van der Waals surface area contributed by atoms with Crippen molar-refractivity contribution in [1.82, 2.24) is 9.88 Å². The number of likely N-dealkylation sites (N-methyl/N-ethyl adjacent to an activating group) is 1. The third-order valence-corrected chi connectivity index (χ3v) is 11.4. The van der Waals surface area contributed by atoms with Crippen molar-refractivity contribution in [3.05, 3.63) is 60.3 Å². The van der Waals surface area contributed by atoms with E-state index in [0.717, 1.165) is 22.4 Å². The number of cyclic esters (lactones) is 1. The molecule has 0 spiro atoms. The molecule has 1 saturated heterocycles. The Balaban J connectivity index is 1.63. The van der Waals surface area contributed by atoms with Crippen molar-refractivity contribution in [2.45, 2.75) is 109 Å². The topological polar surface area (TPSA) is 154 Å². The Morgan fingerprint density at radius 2 is 1.83 bits per heavy atom. The highest BCUT2D eigenvalue weighted by molar-refractivity contribution is 7.17. The number of allylic oxidation sites excluding steroid dienone is 3. The number of ether oxygens (including phenoxy) is 5. The van der Waals surface area contributed by atoms with Gasteiger partial charge in [0.25, 0.3) is 0 Å². The smallest absolute Gasteiger partial charge is 0.308 e. The standard InChI is InChI=1S/C41H58N2O10S/c1-9-33-29(23-49-8)20-24(2)13-14-31(45)25(3)21-28(17-19-44)39(26(4)32(46)22-35(47)51-33)53-41-38(48)37(43(6)7)40(27(5)50-41)52-36-16-15-34(54-36)30-12-10-11-18-42-30/h10-16,18-20,25-29,32-33,37-41,46,48H,9,17,21-23H2,1-8H3/b14-13+,24-20+/t25-,26+,27-,28+,29-,32-,33-,37-,38-,39-,40-,41+/m1/s1. The second-order valence-corrected chi connectivity index (χ2v) is 15.8. The summed E-state index contributed by atoms with van der Waals surface area (Å²) in [4.78, 5) is 46.1. The number of aliphatic hydroxyl groups is 2. The van der Waals surface area contributed by atoms with Crippen molar-refractivity contribution < 1.29 is 48.3 Å². The molecule has 4 rings (SSSR count). The average molecular weight is 771 g/mol. The van der Waals surface area contributed by atoms with Crippen molar-refractivity contribution in [2.24, 2.45) is 23.7 Å². The van der Waals surface area contributed by atoms with Crippen LogP contribution in [0.5, 0.6) is 5.06 Å². The first-order valence-corrected chi connectivity index (χ1v) is 19.6. The van der Waals surface area contributed by atoms with Crippen LogP contribution in [0.2, 0.25) is 0 Å². The number of pyridine rings is 1. The molecule has 1 fully saturated rings. The molecule has 0 bridgehead atoms. The highest BCUT2D eigenvalue weighted by Gasteiger charge is 2.49. The van der Waals surface area contributed by atoms with Gasteiger partial charge in [0.05, 0.1) is 48.0 Å². The summed E-state index contributed by atoms with van der Waals surface area (Å²) in [7, 11) is 5.25. The van der Waals surface area contributed by atoms with Crippen LogP contribution < -0.4 is 4.74 Å². The van der Waals surface area contributed by atoms with Gasteiger partial charge in [-0.2, -0.15) is 0 Å². The van der Waals surface area contributed by atoms with Gasteiger partial charge in [-0.15, -0.1) is 0 Å². The summed E-state index contributed by atoms with van der Waals surface area (Å²) in [6.07, 6.45) is 1.89. The number of aromatic nitrogens is 1. The van der Waals surface area contributed by atoms with Crippen LogP contribution in [0.1, 0.15) is 60.3 Å². The Morgan fingerprint density at radius 3 is 2.48 bits per heavy atom. The van der Waals surface area contributed by atoms with E-state index in [4.69, 9.17) is 23.7 Å². The molecule has 12 nitrogen and oxygen atoms in total. The lowest BCUT2D eigenvalue weighted by molar-refractivity contribution is -0.301. The summed E-state index contributed by atoms with van der Waals surface area (Å²) in [6.45, 7) is 9.44. The molecule has 13 heteroatoms. The molecule has 0 aromatic carbocycles. The SMILES string of the molecule is CC[C@H]1OC(=O)C[C@@H](O)[C@H](C)[C@@H](O[C@@H]2O[C@H](C)[C@@H](Oc3ccc(-c4ccccn4)s3)[C@H](N(C)C)[C@H]2O)[C@@H](CC=O)C[C@@H](C)C(=O)/C=C/C(C)=C/[C@@H]1COC. The van der Waals surface area contributed by atoms with E-state index >= 15 is 0 Å². The lowest BCUT2D eigenvalue weighted by Crippen LogP contribution is -2.64. The van der Waals surface area contributed by atoms with Gasteiger partial charge in [-0.1, -0.05) is 55.9 Å². The monoisotopic (exact) mass is 770 g/mol. The Labute approximate surface area is 323 Å². The van der Waals surface area contributed by atoms with Crippen LogP contribution in [0.3, 0.4) is 0 Å². The highest BCUT2D eigenvalue weighted by Crippen LogP contribution is 2.38. The van der Waals surface area contributed by atoms with E-state index in [0.29, 0.717) is 18.1 Å². The van der Waals surface area contributed by atoms with Gasteiger partial charge in [-0.05, 0) is 77.0 Å². The third-order valence-electron chi connectivity index (χ3n) is 10.4. The largest absolute Gasteiger partial charge is 0.476 e. The quantitative estimate of drug-likeness (QED) is 0.226. The molecule has 12 atom stereocenters. The number of esters is 1. The molecule has 0 unspecified atom stereocenters. The molecule has 2 aliphatic rings. The molecule has 54 heavy (non-hydrogen) atoms. The summed E-state index contributed by atoms with van der Waals surface area (Å²) >= 11 is 1.44. The number of methoxy groups -OCH3 is 1. The first-order valence-electron chi connectivity index (χ1n) is 18.8. The maximum Gasteiger partial charge on any atom is 0.308 e. The van der Waals surface area contributed by atoms with Gasteiger partial charge in [-0.25, -0.2) is 0 Å². The molecule has 2 N–H and O–H groups in total. The third kappa shape index (κ3) is 11.4. The fourth-order valence-electron chi connectivity index (χ4n) is 7.41. The van der Waals surface area contributed by atoms with E-state index in [1.54, 1.807) is 33.2 Å². The summed E-state index contributed by atoms with van der Waals surface area (Å²) < 4.78 is 30.8. The Hall–Kier alpha value is -3.30. The van der Waals surface area contributed by atoms with Crippen LogP contribution in [-0.2, 0) is 33.3 Å². The van der Waals surface area contributed by atoms with Crippen molar-refractivity contribution in [3.63, 3.8) is 0 Å². The average Bonchev–Trinajstić information content (AvgIpc) is 3.61. The van der Waals surface area contributed by atoms with Crippen molar-refractivity contribution in [1.29, 1.82) is 0 Å². The van der Waals surface area contributed by atoms with Crippen LogP contribution >= 0.6 is 11.3 Å². The zero-order valence-corrected chi connectivity index (χ0v) is 33.5. The van der Waals surface area contributed by atoms with Gasteiger partial charge in [-0.3, -0.25) is 14.6 Å². The fourth-order valence-corrected chi connectivity index (χ4v) is 8.29. The summed E-state index contributed by atoms with van der Waals surface area (Å²) in [5.74, 6) is -2.79. The fraction of sp³-hybridized carbons (Fsp3) is 0.610. The second-order valence-electron chi connectivity index (χ2n) is 14.8. The summed E-state index contributed by atoms with van der Waals surface area (Å²) in [6, 6.07) is 8.93. The molecule has 2 aromatic heterocycles. The molecule has 298 valence electrons. The number of carbonyl (C=O) groups is 3. The van der Waals surface area contributed by atoms with Crippen molar-refractivity contribution in [2.75, 3.05) is 27.8 Å². The lowest BCUT2D eigenvalue weighted by Gasteiger charge is -2.47. The first-order chi connectivity index (χ1) is 25.8. The van der Waals surface area contributed by atoms with Crippen LogP contribution in [0, 0.1) is 23.7 Å². The number of carbonyl (C=O) groups excluding carboxylic acids is 3. The van der Waals surface area contributed by atoms with E-state index in [1.807, 2.05) is 76.2 Å². The van der Waals surface area contributed by atoms with E-state index in [9.17, 15) is 24.6 Å². The molecule has 0 radical (unpaired) electrons. The number of hydrogen-bond acceptors (Lipinski definition) is 13. The number of thiophene rings is 1. The lowest BCUT2D eigenvalue weighted by atomic mass is 9.79. The maximum absolute atomic E-state index is 13.4. The highest BCUT2D eigenvalue weighted by atomic mass is 32.1. The zero-order chi connectivity index (χ0) is 39.5. The van der Waals surface area contributed by atoms with Gasteiger partial charge in [0, 0.05) is 37.5 Å². The molecule has 0 amide bonds. The predicted molar refractivity (Wildman–Crippen MR) is 206 cm³/mol. The van der Waals surface area contributed by atoms with Crippen LogP contribution in [0.4, 0.5) is 0 Å². The number of ketones is 1. The molecular formula is C41H58N2O10S. The number of nitrogens with zero attached hydrogens (tertiary/aromatic N) is 2. The Morgan fingerprint density at radius 1 is 1.07 bits per heavy atom. The molecule has 2 aromatic rings. The summed E-state index contributed by atoms with van der Waals surface area (Å²) in [5.41, 5.74) is 1.63. The number of aldehydes is 1. The van der Waals surface area contributed by atoms with Gasteiger partial charge in [0.15, 0.2) is 17.1 Å². The van der Waals surface area contributed by atoms with Crippen molar-refractivity contribution >= 4 is 29.4 Å². The zero-order valence-electron chi connectivity index (χ0n) is 32.7. The number of aliphatic hydroxyl groups excluding tert-OH is 2.